The van der Waals surface area contributed by atoms with Crippen LogP contribution in [0.1, 0.15) is 70.2 Å². The van der Waals surface area contributed by atoms with E-state index in [2.05, 4.69) is 54.4 Å². The highest BCUT2D eigenvalue weighted by Gasteiger charge is 2.14. The van der Waals surface area contributed by atoms with Crippen molar-refractivity contribution < 1.29 is 9.15 Å². The van der Waals surface area contributed by atoms with Gasteiger partial charge < -0.3 is 9.15 Å². The van der Waals surface area contributed by atoms with Crippen LogP contribution in [-0.4, -0.2) is 26.3 Å². The lowest BCUT2D eigenvalue weighted by Gasteiger charge is -2.14. The highest BCUT2D eigenvalue weighted by atomic mass is 16.5. The van der Waals surface area contributed by atoms with Gasteiger partial charge in [0.05, 0.1) is 17.1 Å². The Morgan fingerprint density at radius 3 is 2.44 bits per heavy atom. The third kappa shape index (κ3) is 6.07. The number of fused-ring (bicyclic) bond motifs is 1. The van der Waals surface area contributed by atoms with Gasteiger partial charge in [0.15, 0.2) is 0 Å². The van der Waals surface area contributed by atoms with Gasteiger partial charge in [0.1, 0.15) is 5.69 Å². The smallest absolute Gasteiger partial charge is 0.241 e. The van der Waals surface area contributed by atoms with Crippen LogP contribution in [0.25, 0.3) is 28.4 Å². The molecular weight excluding hydrogens is 424 g/mol. The van der Waals surface area contributed by atoms with E-state index in [0.29, 0.717) is 11.8 Å². The van der Waals surface area contributed by atoms with E-state index >= 15 is 0 Å². The Bertz CT molecular complexity index is 1260. The molecule has 0 bridgehead atoms. The molecule has 6 heteroatoms. The van der Waals surface area contributed by atoms with E-state index < -0.39 is 0 Å². The number of para-hydroxylation sites is 2. The molecule has 34 heavy (non-hydrogen) atoms. The van der Waals surface area contributed by atoms with E-state index in [9.17, 15) is 0 Å². The van der Waals surface area contributed by atoms with Gasteiger partial charge in [0, 0.05) is 17.9 Å². The number of hydrogen-bond donors (Lipinski definition) is 0. The van der Waals surface area contributed by atoms with Gasteiger partial charge in [-0.05, 0) is 56.9 Å². The van der Waals surface area contributed by atoms with Gasteiger partial charge in [-0.3, -0.25) is 0 Å². The molecule has 2 aromatic heterocycles. The monoisotopic (exact) mass is 456 g/mol. The number of ether oxygens (including phenoxy) is 1. The molecular formula is C28H32N4O2. The summed E-state index contributed by atoms with van der Waals surface area (Å²) in [5.41, 5.74) is 4.58. The molecule has 0 radical (unpaired) electrons. The summed E-state index contributed by atoms with van der Waals surface area (Å²) in [6.07, 6.45) is 8.29. The Balaban J connectivity index is 1.41. The Morgan fingerprint density at radius 1 is 0.912 bits per heavy atom. The van der Waals surface area contributed by atoms with Crippen molar-refractivity contribution in [1.29, 1.82) is 0 Å². The van der Waals surface area contributed by atoms with Crippen LogP contribution in [0.3, 0.4) is 0 Å². The van der Waals surface area contributed by atoms with E-state index in [1.54, 1.807) is 0 Å². The molecule has 0 atom stereocenters. The fourth-order valence-electron chi connectivity index (χ4n) is 3.63. The van der Waals surface area contributed by atoms with Crippen LogP contribution in [0.5, 0.6) is 5.88 Å². The van der Waals surface area contributed by atoms with Crippen molar-refractivity contribution in [3.05, 3.63) is 72.0 Å². The van der Waals surface area contributed by atoms with Crippen molar-refractivity contribution in [2.45, 2.75) is 65.4 Å². The van der Waals surface area contributed by atoms with Crippen LogP contribution in [-0.2, 0) is 6.42 Å². The summed E-state index contributed by atoms with van der Waals surface area (Å²) in [5, 5.41) is 8.22. The first-order valence-electron chi connectivity index (χ1n) is 12.0. The van der Waals surface area contributed by atoms with Gasteiger partial charge in [-0.1, -0.05) is 56.3 Å². The number of hydrogen-bond acceptors (Lipinski definition) is 6. The SMILES string of the molecule is CC(C)Oc1nc2ccccc2nc1-c1cccc(/C=C/CCCCc2nnc(C(C)C)o2)c1. The van der Waals surface area contributed by atoms with E-state index in [-0.39, 0.29) is 12.0 Å². The van der Waals surface area contributed by atoms with Crippen LogP contribution < -0.4 is 4.74 Å². The third-order valence-corrected chi connectivity index (χ3v) is 5.34. The van der Waals surface area contributed by atoms with Crippen molar-refractivity contribution in [2.75, 3.05) is 0 Å². The highest BCUT2D eigenvalue weighted by Crippen LogP contribution is 2.30. The van der Waals surface area contributed by atoms with Gasteiger partial charge in [0.2, 0.25) is 17.7 Å². The number of nitrogens with zero attached hydrogens (tertiary/aromatic N) is 4. The molecule has 0 aliphatic rings. The van der Waals surface area contributed by atoms with Crippen LogP contribution in [0.15, 0.2) is 59.0 Å². The Morgan fingerprint density at radius 2 is 1.71 bits per heavy atom. The summed E-state index contributed by atoms with van der Waals surface area (Å²) >= 11 is 0. The number of rotatable bonds is 10. The second kappa shape index (κ2) is 11.1. The van der Waals surface area contributed by atoms with Gasteiger partial charge >= 0.3 is 0 Å². The Kier molecular flexibility index (Phi) is 7.68. The van der Waals surface area contributed by atoms with Gasteiger partial charge in [-0.2, -0.15) is 0 Å². The second-order valence-corrected chi connectivity index (χ2v) is 9.00. The van der Waals surface area contributed by atoms with Crippen LogP contribution >= 0.6 is 0 Å². The number of allylic oxidation sites excluding steroid dienone is 1. The van der Waals surface area contributed by atoms with Crippen molar-refractivity contribution in [2.24, 2.45) is 0 Å². The first-order valence-corrected chi connectivity index (χ1v) is 12.0. The topological polar surface area (TPSA) is 73.9 Å². The largest absolute Gasteiger partial charge is 0.473 e. The first kappa shape index (κ1) is 23.6. The van der Waals surface area contributed by atoms with E-state index in [4.69, 9.17) is 19.1 Å². The minimum atomic E-state index is 0.0152. The molecule has 0 amide bonds. The number of benzene rings is 2. The molecule has 4 aromatic rings. The molecule has 0 aliphatic heterocycles. The molecule has 0 aliphatic carbocycles. The van der Waals surface area contributed by atoms with Gasteiger partial charge in [-0.15, -0.1) is 10.2 Å². The summed E-state index contributed by atoms with van der Waals surface area (Å²) in [6, 6.07) is 16.2. The number of aryl methyl sites for hydroxylation is 1. The summed E-state index contributed by atoms with van der Waals surface area (Å²) in [4.78, 5) is 9.60. The molecule has 0 spiro atoms. The Labute approximate surface area is 201 Å². The number of aromatic nitrogens is 4. The average Bonchev–Trinajstić information content (AvgIpc) is 3.30. The zero-order valence-electron chi connectivity index (χ0n) is 20.4. The molecule has 0 saturated heterocycles. The van der Waals surface area contributed by atoms with Crippen LogP contribution in [0.4, 0.5) is 0 Å². The molecule has 4 rings (SSSR count). The molecule has 0 saturated carbocycles. The normalized spacial score (nSPS) is 11.8. The van der Waals surface area contributed by atoms with Crippen LogP contribution in [0, 0.1) is 0 Å². The summed E-state index contributed by atoms with van der Waals surface area (Å²) in [7, 11) is 0. The lowest BCUT2D eigenvalue weighted by molar-refractivity contribution is 0.234. The predicted molar refractivity (Wildman–Crippen MR) is 136 cm³/mol. The molecule has 2 heterocycles. The maximum absolute atomic E-state index is 6.02. The summed E-state index contributed by atoms with van der Waals surface area (Å²) in [5.74, 6) is 2.29. The lowest BCUT2D eigenvalue weighted by Crippen LogP contribution is -2.09. The molecule has 0 fully saturated rings. The van der Waals surface area contributed by atoms with Gasteiger partial charge in [0.25, 0.3) is 0 Å². The fourth-order valence-corrected chi connectivity index (χ4v) is 3.63. The van der Waals surface area contributed by atoms with Crippen molar-refractivity contribution in [3.63, 3.8) is 0 Å². The van der Waals surface area contributed by atoms with Crippen LogP contribution in [0.2, 0.25) is 0 Å². The fraction of sp³-hybridized carbons (Fsp3) is 0.357. The second-order valence-electron chi connectivity index (χ2n) is 9.00. The standard InChI is InChI=1S/C28H32N4O2/c1-19(2)27-32-31-25(34-27)17-8-6-5-7-12-21-13-11-14-22(18-21)26-28(33-20(3)4)30-24-16-10-9-15-23(24)29-26/h7,9-16,18-20H,5-6,8,17H2,1-4H3/b12-7+. The molecule has 6 nitrogen and oxygen atoms in total. The molecule has 0 unspecified atom stereocenters. The van der Waals surface area contributed by atoms with E-state index in [1.807, 2.05) is 44.2 Å². The first-order chi connectivity index (χ1) is 16.5. The minimum absolute atomic E-state index is 0.0152. The van der Waals surface area contributed by atoms with Crippen molar-refractivity contribution in [1.82, 2.24) is 20.2 Å². The zero-order chi connectivity index (χ0) is 23.9. The summed E-state index contributed by atoms with van der Waals surface area (Å²) in [6.45, 7) is 8.12. The molecule has 2 aromatic carbocycles. The minimum Gasteiger partial charge on any atom is -0.473 e. The zero-order valence-corrected chi connectivity index (χ0v) is 20.4. The lowest BCUT2D eigenvalue weighted by atomic mass is 10.1. The molecule has 0 N–H and O–H groups in total. The van der Waals surface area contributed by atoms with E-state index in [1.165, 1.54) is 0 Å². The summed E-state index contributed by atoms with van der Waals surface area (Å²) < 4.78 is 11.7. The Hall–Kier alpha value is -3.54. The van der Waals surface area contributed by atoms with Crippen molar-refractivity contribution in [3.8, 4) is 17.1 Å². The van der Waals surface area contributed by atoms with E-state index in [0.717, 1.165) is 59.4 Å². The number of unbranched alkanes of at least 4 members (excludes halogenated alkanes) is 2. The van der Waals surface area contributed by atoms with Crippen molar-refractivity contribution >= 4 is 17.1 Å². The third-order valence-electron chi connectivity index (χ3n) is 5.34. The maximum Gasteiger partial charge on any atom is 0.241 e. The highest BCUT2D eigenvalue weighted by molar-refractivity contribution is 5.80. The van der Waals surface area contributed by atoms with Gasteiger partial charge in [-0.25, -0.2) is 9.97 Å². The maximum atomic E-state index is 6.02. The molecule has 176 valence electrons. The predicted octanol–water partition coefficient (Wildman–Crippen LogP) is 7.02. The average molecular weight is 457 g/mol. The quantitative estimate of drug-likeness (QED) is 0.239.